The first-order valence-corrected chi connectivity index (χ1v) is 6.67. The lowest BCUT2D eigenvalue weighted by atomic mass is 10.1. The number of nitrogens with two attached hydrogens (primary N) is 1. The number of halogens is 1. The maximum Gasteiger partial charge on any atom is 0.147 e. The van der Waals surface area contributed by atoms with E-state index in [1.807, 2.05) is 30.3 Å². The minimum absolute atomic E-state index is 0.300. The Morgan fingerprint density at radius 3 is 2.68 bits per heavy atom. The van der Waals surface area contributed by atoms with Crippen molar-refractivity contribution < 1.29 is 0 Å². The summed E-state index contributed by atoms with van der Waals surface area (Å²) in [6.45, 7) is 4.98. The van der Waals surface area contributed by atoms with Crippen LogP contribution in [0.3, 0.4) is 0 Å². The summed E-state index contributed by atoms with van der Waals surface area (Å²) in [5.74, 6) is 0.807. The van der Waals surface area contributed by atoms with Crippen molar-refractivity contribution in [1.29, 1.82) is 0 Å². The maximum atomic E-state index is 6.23. The Labute approximate surface area is 119 Å². The van der Waals surface area contributed by atoms with Gasteiger partial charge in [-0.3, -0.25) is 0 Å². The molecule has 2 N–H and O–H groups in total. The van der Waals surface area contributed by atoms with E-state index < -0.39 is 0 Å². The molecule has 3 nitrogen and oxygen atoms in total. The number of hydrogen-bond acceptors (Lipinski definition) is 3. The third-order valence-corrected chi connectivity index (χ3v) is 3.23. The summed E-state index contributed by atoms with van der Waals surface area (Å²) in [5, 5.41) is 0.667. The van der Waals surface area contributed by atoms with Crippen LogP contribution in [0.1, 0.15) is 19.4 Å². The zero-order valence-corrected chi connectivity index (χ0v) is 11.9. The molecule has 0 saturated heterocycles. The van der Waals surface area contributed by atoms with Gasteiger partial charge in [0.25, 0.3) is 0 Å². The van der Waals surface area contributed by atoms with E-state index in [-0.39, 0.29) is 0 Å². The Balaban J connectivity index is 2.29. The van der Waals surface area contributed by atoms with Crippen molar-refractivity contribution in [1.82, 2.24) is 4.98 Å². The number of aromatic nitrogens is 1. The van der Waals surface area contributed by atoms with Gasteiger partial charge in [0.2, 0.25) is 0 Å². The molecule has 0 aliphatic carbocycles. The van der Waals surface area contributed by atoms with Crippen molar-refractivity contribution in [2.45, 2.75) is 26.4 Å². The van der Waals surface area contributed by atoms with Crippen LogP contribution in [-0.4, -0.2) is 11.0 Å². The van der Waals surface area contributed by atoms with Crippen molar-refractivity contribution in [3.05, 3.63) is 53.2 Å². The van der Waals surface area contributed by atoms with E-state index in [1.54, 1.807) is 6.20 Å². The molecule has 1 aromatic heterocycles. The van der Waals surface area contributed by atoms with Gasteiger partial charge in [-0.25, -0.2) is 4.98 Å². The van der Waals surface area contributed by atoms with Gasteiger partial charge in [-0.05, 0) is 43.7 Å². The number of rotatable bonds is 4. The predicted molar refractivity (Wildman–Crippen MR) is 81.4 cm³/mol. The van der Waals surface area contributed by atoms with Crippen LogP contribution in [0.15, 0.2) is 42.6 Å². The van der Waals surface area contributed by atoms with E-state index in [0.717, 1.165) is 23.6 Å². The zero-order valence-electron chi connectivity index (χ0n) is 11.2. The molecule has 4 heteroatoms. The molecule has 0 aliphatic heterocycles. The highest BCUT2D eigenvalue weighted by Gasteiger charge is 2.15. The van der Waals surface area contributed by atoms with E-state index in [4.69, 9.17) is 17.3 Å². The van der Waals surface area contributed by atoms with Crippen molar-refractivity contribution in [3.8, 4) is 0 Å². The first kappa shape index (κ1) is 13.7. The topological polar surface area (TPSA) is 42.1 Å². The largest absolute Gasteiger partial charge is 0.399 e. The Bertz CT molecular complexity index is 555. The van der Waals surface area contributed by atoms with Crippen LogP contribution in [0.2, 0.25) is 5.02 Å². The summed E-state index contributed by atoms with van der Waals surface area (Å²) in [7, 11) is 0. The predicted octanol–water partition coefficient (Wildman–Crippen LogP) is 3.73. The normalized spacial score (nSPS) is 10.7. The molecule has 0 atom stereocenters. The molecule has 0 aliphatic rings. The lowest BCUT2D eigenvalue weighted by Gasteiger charge is -2.28. The van der Waals surface area contributed by atoms with Crippen molar-refractivity contribution in [2.75, 3.05) is 10.6 Å². The van der Waals surface area contributed by atoms with Gasteiger partial charge >= 0.3 is 0 Å². The van der Waals surface area contributed by atoms with Crippen LogP contribution in [0.4, 0.5) is 11.5 Å². The SMILES string of the molecule is CC(C)N(Cc1cccc(N)c1)c1ncccc1Cl. The molecule has 1 aromatic carbocycles. The molecule has 0 bridgehead atoms. The summed E-state index contributed by atoms with van der Waals surface area (Å²) in [4.78, 5) is 6.54. The van der Waals surface area contributed by atoms with Crippen molar-refractivity contribution in [3.63, 3.8) is 0 Å². The van der Waals surface area contributed by atoms with Crippen LogP contribution in [-0.2, 0) is 6.54 Å². The molecule has 0 amide bonds. The molecule has 1 heterocycles. The summed E-state index contributed by atoms with van der Waals surface area (Å²) < 4.78 is 0. The Hall–Kier alpha value is -1.74. The van der Waals surface area contributed by atoms with Crippen LogP contribution in [0.5, 0.6) is 0 Å². The van der Waals surface area contributed by atoms with E-state index in [9.17, 15) is 0 Å². The molecule has 100 valence electrons. The molecule has 0 unspecified atom stereocenters. The lowest BCUT2D eigenvalue weighted by molar-refractivity contribution is 0.673. The Morgan fingerprint density at radius 1 is 1.26 bits per heavy atom. The fourth-order valence-corrected chi connectivity index (χ4v) is 2.21. The van der Waals surface area contributed by atoms with Gasteiger partial charge in [-0.1, -0.05) is 23.7 Å². The number of nitrogens with zero attached hydrogens (tertiary/aromatic N) is 2. The number of pyridine rings is 1. The van der Waals surface area contributed by atoms with E-state index in [2.05, 4.69) is 29.8 Å². The van der Waals surface area contributed by atoms with Gasteiger partial charge in [0.15, 0.2) is 0 Å². The number of benzene rings is 1. The smallest absolute Gasteiger partial charge is 0.147 e. The molecule has 0 fully saturated rings. The summed E-state index contributed by atoms with van der Waals surface area (Å²) >= 11 is 6.23. The fraction of sp³-hybridized carbons (Fsp3) is 0.267. The second-order valence-corrected chi connectivity index (χ2v) is 5.18. The third kappa shape index (κ3) is 3.38. The highest BCUT2D eigenvalue weighted by atomic mass is 35.5. The monoisotopic (exact) mass is 275 g/mol. The summed E-state index contributed by atoms with van der Waals surface area (Å²) in [5.41, 5.74) is 7.74. The molecule has 0 radical (unpaired) electrons. The maximum absolute atomic E-state index is 6.23. The molecule has 2 rings (SSSR count). The number of hydrogen-bond donors (Lipinski definition) is 1. The molecular formula is C15H18ClN3. The highest BCUT2D eigenvalue weighted by molar-refractivity contribution is 6.32. The van der Waals surface area contributed by atoms with Gasteiger partial charge in [0.05, 0.1) is 5.02 Å². The Morgan fingerprint density at radius 2 is 2.05 bits per heavy atom. The number of nitrogen functional groups attached to an aromatic ring is 1. The molecule has 2 aromatic rings. The second-order valence-electron chi connectivity index (χ2n) is 4.78. The fourth-order valence-electron chi connectivity index (χ4n) is 1.98. The van der Waals surface area contributed by atoms with Gasteiger partial charge in [0, 0.05) is 24.5 Å². The van der Waals surface area contributed by atoms with Crippen LogP contribution >= 0.6 is 11.6 Å². The molecule has 19 heavy (non-hydrogen) atoms. The van der Waals surface area contributed by atoms with Crippen LogP contribution in [0, 0.1) is 0 Å². The molecule has 0 saturated carbocycles. The molecular weight excluding hydrogens is 258 g/mol. The zero-order chi connectivity index (χ0) is 13.8. The average Bonchev–Trinajstić information content (AvgIpc) is 2.37. The van der Waals surface area contributed by atoms with Crippen LogP contribution in [0.25, 0.3) is 0 Å². The van der Waals surface area contributed by atoms with Crippen molar-refractivity contribution >= 4 is 23.1 Å². The first-order valence-electron chi connectivity index (χ1n) is 6.29. The summed E-state index contributed by atoms with van der Waals surface area (Å²) in [6.07, 6.45) is 1.76. The van der Waals surface area contributed by atoms with Gasteiger partial charge < -0.3 is 10.6 Å². The minimum atomic E-state index is 0.300. The van der Waals surface area contributed by atoms with Crippen molar-refractivity contribution in [2.24, 2.45) is 0 Å². The van der Waals surface area contributed by atoms with Gasteiger partial charge in [-0.2, -0.15) is 0 Å². The quantitative estimate of drug-likeness (QED) is 0.865. The van der Waals surface area contributed by atoms with Crippen LogP contribution < -0.4 is 10.6 Å². The standard InChI is InChI=1S/C15H18ClN3/c1-11(2)19(15-14(16)7-4-8-18-15)10-12-5-3-6-13(17)9-12/h3-9,11H,10,17H2,1-2H3. The van der Waals surface area contributed by atoms with E-state index in [0.29, 0.717) is 11.1 Å². The first-order chi connectivity index (χ1) is 9.08. The van der Waals surface area contributed by atoms with Gasteiger partial charge in [0.1, 0.15) is 5.82 Å². The third-order valence-electron chi connectivity index (χ3n) is 2.94. The minimum Gasteiger partial charge on any atom is -0.399 e. The van der Waals surface area contributed by atoms with Gasteiger partial charge in [-0.15, -0.1) is 0 Å². The highest BCUT2D eigenvalue weighted by Crippen LogP contribution is 2.26. The Kier molecular flexibility index (Phi) is 4.27. The second kappa shape index (κ2) is 5.93. The summed E-state index contributed by atoms with van der Waals surface area (Å²) in [6, 6.07) is 11.9. The lowest BCUT2D eigenvalue weighted by Crippen LogP contribution is -2.31. The average molecular weight is 276 g/mol. The number of anilines is 2. The van der Waals surface area contributed by atoms with E-state index in [1.165, 1.54) is 0 Å². The van der Waals surface area contributed by atoms with E-state index >= 15 is 0 Å². The molecule has 0 spiro atoms.